The van der Waals surface area contributed by atoms with Crippen LogP contribution in [0.25, 0.3) is 22.2 Å². The molecule has 0 aliphatic rings. The number of amides is 1. The number of nitrogens with zero attached hydrogens (tertiary/aromatic N) is 3. The van der Waals surface area contributed by atoms with Crippen molar-refractivity contribution in [2.24, 2.45) is 0 Å². The number of aromatic nitrogens is 3. The van der Waals surface area contributed by atoms with E-state index in [1.54, 1.807) is 17.6 Å². The van der Waals surface area contributed by atoms with Crippen molar-refractivity contribution in [1.29, 1.82) is 0 Å². The molecule has 6 nitrogen and oxygen atoms in total. The van der Waals surface area contributed by atoms with Crippen LogP contribution in [0.15, 0.2) is 52.6 Å². The van der Waals surface area contributed by atoms with Crippen LogP contribution in [0.2, 0.25) is 0 Å². The van der Waals surface area contributed by atoms with E-state index < -0.39 is 0 Å². The van der Waals surface area contributed by atoms with E-state index in [2.05, 4.69) is 41.3 Å². The zero-order valence-electron chi connectivity index (χ0n) is 17.1. The minimum Gasteiger partial charge on any atom is -0.302 e. The van der Waals surface area contributed by atoms with Crippen molar-refractivity contribution in [1.82, 2.24) is 14.5 Å². The van der Waals surface area contributed by atoms with Crippen molar-refractivity contribution in [3.05, 3.63) is 75.1 Å². The van der Waals surface area contributed by atoms with Crippen LogP contribution in [0, 0.1) is 20.8 Å². The predicted molar refractivity (Wildman–Crippen MR) is 121 cm³/mol. The number of hydrogen-bond donors (Lipinski definition) is 1. The third-order valence-electron chi connectivity index (χ3n) is 5.02. The van der Waals surface area contributed by atoms with Gasteiger partial charge < -0.3 is 5.32 Å². The van der Waals surface area contributed by atoms with Gasteiger partial charge in [0.05, 0.1) is 16.6 Å². The van der Waals surface area contributed by atoms with Crippen LogP contribution < -0.4 is 10.9 Å². The first-order valence-electron chi connectivity index (χ1n) is 9.71. The van der Waals surface area contributed by atoms with Crippen LogP contribution in [0.5, 0.6) is 0 Å². The molecule has 0 spiro atoms. The average Bonchev–Trinajstić information content (AvgIpc) is 3.15. The molecule has 0 aliphatic carbocycles. The molecule has 2 aromatic carbocycles. The summed E-state index contributed by atoms with van der Waals surface area (Å²) in [4.78, 5) is 34.2. The third-order valence-corrected chi connectivity index (χ3v) is 5.78. The van der Waals surface area contributed by atoms with Gasteiger partial charge in [0.1, 0.15) is 5.82 Å². The van der Waals surface area contributed by atoms with Crippen LogP contribution in [-0.2, 0) is 11.3 Å². The van der Waals surface area contributed by atoms with Crippen LogP contribution in [0.3, 0.4) is 0 Å². The molecule has 0 atom stereocenters. The Morgan fingerprint density at radius 3 is 2.70 bits per heavy atom. The molecule has 4 rings (SSSR count). The quantitative estimate of drug-likeness (QED) is 0.519. The lowest BCUT2D eigenvalue weighted by atomic mass is 10.0. The molecule has 0 aliphatic heterocycles. The Balaban J connectivity index is 1.46. The number of nitrogens with one attached hydrogen (secondary N) is 1. The summed E-state index contributed by atoms with van der Waals surface area (Å²) in [6, 6.07) is 13.5. The summed E-state index contributed by atoms with van der Waals surface area (Å²) in [5.74, 6) is 0.411. The zero-order chi connectivity index (χ0) is 21.3. The lowest BCUT2D eigenvalue weighted by molar-refractivity contribution is -0.116. The molecule has 1 N–H and O–H groups in total. The Morgan fingerprint density at radius 1 is 1.10 bits per heavy atom. The number of aryl methyl sites for hydroxylation is 3. The van der Waals surface area contributed by atoms with E-state index in [1.165, 1.54) is 16.9 Å². The molecule has 2 aromatic heterocycles. The topological polar surface area (TPSA) is 76.9 Å². The Labute approximate surface area is 178 Å². The molecule has 7 heteroatoms. The molecule has 0 saturated carbocycles. The first-order valence-corrected chi connectivity index (χ1v) is 10.6. The summed E-state index contributed by atoms with van der Waals surface area (Å²) < 4.78 is 1.55. The molecule has 4 aromatic rings. The van der Waals surface area contributed by atoms with E-state index in [9.17, 15) is 9.59 Å². The Morgan fingerprint density at radius 2 is 1.90 bits per heavy atom. The van der Waals surface area contributed by atoms with Crippen molar-refractivity contribution in [2.45, 2.75) is 33.7 Å². The number of benzene rings is 2. The summed E-state index contributed by atoms with van der Waals surface area (Å²) in [7, 11) is 0. The normalized spacial score (nSPS) is 11.0. The van der Waals surface area contributed by atoms with Gasteiger partial charge in [0.25, 0.3) is 5.56 Å². The monoisotopic (exact) mass is 418 g/mol. The highest BCUT2D eigenvalue weighted by Gasteiger charge is 2.12. The molecule has 0 bridgehead atoms. The molecule has 0 unspecified atom stereocenters. The van der Waals surface area contributed by atoms with Gasteiger partial charge >= 0.3 is 0 Å². The van der Waals surface area contributed by atoms with E-state index in [-0.39, 0.29) is 24.4 Å². The maximum Gasteiger partial charge on any atom is 0.261 e. The number of carbonyl (C=O) groups excluding carboxylic acids is 1. The second-order valence-electron chi connectivity index (χ2n) is 7.29. The Hall–Kier alpha value is -3.32. The van der Waals surface area contributed by atoms with Crippen LogP contribution >= 0.6 is 11.3 Å². The van der Waals surface area contributed by atoms with Crippen LogP contribution in [-0.4, -0.2) is 20.4 Å². The lowest BCUT2D eigenvalue weighted by Gasteiger charge is -2.10. The number of thiazole rings is 1. The molecule has 1 amide bonds. The number of carbonyl (C=O) groups is 1. The van der Waals surface area contributed by atoms with Crippen molar-refractivity contribution < 1.29 is 4.79 Å². The fourth-order valence-corrected chi connectivity index (χ4v) is 4.22. The van der Waals surface area contributed by atoms with Crippen molar-refractivity contribution >= 4 is 33.3 Å². The lowest BCUT2D eigenvalue weighted by Crippen LogP contribution is -2.26. The zero-order valence-corrected chi connectivity index (χ0v) is 17.9. The Bertz CT molecular complexity index is 1310. The molecule has 0 fully saturated rings. The average molecular weight is 419 g/mol. The number of para-hydroxylation sites is 1. The number of hydrogen-bond acceptors (Lipinski definition) is 5. The first kappa shape index (κ1) is 20.0. The molecule has 30 heavy (non-hydrogen) atoms. The van der Waals surface area contributed by atoms with Crippen molar-refractivity contribution in [3.63, 3.8) is 0 Å². The van der Waals surface area contributed by atoms with Crippen LogP contribution in [0.4, 0.5) is 5.13 Å². The fraction of sp³-hybridized carbons (Fsp3) is 0.217. The highest BCUT2D eigenvalue weighted by atomic mass is 32.1. The van der Waals surface area contributed by atoms with Gasteiger partial charge in [0.15, 0.2) is 5.13 Å². The van der Waals surface area contributed by atoms with Crippen molar-refractivity contribution in [2.75, 3.05) is 5.32 Å². The molecule has 152 valence electrons. The van der Waals surface area contributed by atoms with E-state index in [4.69, 9.17) is 0 Å². The van der Waals surface area contributed by atoms with E-state index in [1.807, 2.05) is 29.6 Å². The fourth-order valence-electron chi connectivity index (χ4n) is 3.49. The molecule has 0 saturated heterocycles. The van der Waals surface area contributed by atoms with Gasteiger partial charge in [-0.1, -0.05) is 35.9 Å². The molecular formula is C23H22N4O2S. The summed E-state index contributed by atoms with van der Waals surface area (Å²) in [5, 5.41) is 5.89. The Kier molecular flexibility index (Phi) is 5.46. The maximum absolute atomic E-state index is 12.7. The summed E-state index contributed by atoms with van der Waals surface area (Å²) in [6.07, 6.45) is 0.166. The summed E-state index contributed by atoms with van der Waals surface area (Å²) >= 11 is 1.39. The summed E-state index contributed by atoms with van der Waals surface area (Å²) in [5.41, 5.74) is 4.80. The van der Waals surface area contributed by atoms with E-state index in [0.29, 0.717) is 21.9 Å². The van der Waals surface area contributed by atoms with Gasteiger partial charge in [-0.25, -0.2) is 9.97 Å². The first-order chi connectivity index (χ1) is 14.4. The molecule has 0 radical (unpaired) electrons. The highest BCUT2D eigenvalue weighted by Crippen LogP contribution is 2.28. The second-order valence-corrected chi connectivity index (χ2v) is 8.15. The highest BCUT2D eigenvalue weighted by molar-refractivity contribution is 7.14. The van der Waals surface area contributed by atoms with Gasteiger partial charge in [-0.2, -0.15) is 0 Å². The number of anilines is 1. The number of fused-ring (bicyclic) bond motifs is 1. The van der Waals surface area contributed by atoms with E-state index in [0.717, 1.165) is 16.8 Å². The van der Waals surface area contributed by atoms with E-state index >= 15 is 0 Å². The summed E-state index contributed by atoms with van der Waals surface area (Å²) in [6.45, 7) is 6.16. The molecular weight excluding hydrogens is 396 g/mol. The van der Waals surface area contributed by atoms with Gasteiger partial charge in [-0.3, -0.25) is 14.2 Å². The van der Waals surface area contributed by atoms with Crippen molar-refractivity contribution in [3.8, 4) is 11.3 Å². The second kappa shape index (κ2) is 8.20. The van der Waals surface area contributed by atoms with Gasteiger partial charge in [-0.15, -0.1) is 11.3 Å². The third kappa shape index (κ3) is 4.02. The standard InChI is InChI=1S/C23H22N4O2S/c1-14-8-9-17(15(2)12-14)20-13-30-23(25-20)26-21(28)10-11-27-16(3)24-19-7-5-4-6-18(19)22(27)29/h4-9,12-13H,10-11H2,1-3H3,(H,25,26,28). The minimum absolute atomic E-state index is 0.128. The minimum atomic E-state index is -0.184. The van der Waals surface area contributed by atoms with Gasteiger partial charge in [0, 0.05) is 23.9 Å². The largest absolute Gasteiger partial charge is 0.302 e. The smallest absolute Gasteiger partial charge is 0.261 e. The van der Waals surface area contributed by atoms with Gasteiger partial charge in [0.2, 0.25) is 5.91 Å². The number of rotatable bonds is 5. The molecule has 2 heterocycles. The SMILES string of the molecule is Cc1ccc(-c2csc(NC(=O)CCn3c(C)nc4ccccc4c3=O)n2)c(C)c1. The van der Waals surface area contributed by atoms with Crippen LogP contribution in [0.1, 0.15) is 23.4 Å². The maximum atomic E-state index is 12.7. The predicted octanol–water partition coefficient (Wildman–Crippen LogP) is 4.47. The van der Waals surface area contributed by atoms with Gasteiger partial charge in [-0.05, 0) is 38.5 Å².